The van der Waals surface area contributed by atoms with Crippen LogP contribution in [0.15, 0.2) is 67.0 Å². The molecule has 0 spiro atoms. The molecule has 138 valence electrons. The fourth-order valence-electron chi connectivity index (χ4n) is 2.92. The topological polar surface area (TPSA) is 41.1 Å². The lowest BCUT2D eigenvalue weighted by Gasteiger charge is -2.20. The summed E-state index contributed by atoms with van der Waals surface area (Å²) in [5.41, 5.74) is 3.13. The van der Waals surface area contributed by atoms with Gasteiger partial charge in [0.15, 0.2) is 0 Å². The fourth-order valence-corrected chi connectivity index (χ4v) is 4.00. The van der Waals surface area contributed by atoms with Crippen LogP contribution in [0.4, 0.5) is 0 Å². The molecule has 1 aliphatic rings. The van der Waals surface area contributed by atoms with E-state index in [4.69, 9.17) is 16.3 Å². The molecule has 3 aromatic rings. The van der Waals surface area contributed by atoms with Crippen molar-refractivity contribution in [2.75, 3.05) is 6.54 Å². The van der Waals surface area contributed by atoms with Crippen molar-refractivity contribution in [1.82, 2.24) is 15.1 Å². The van der Waals surface area contributed by atoms with Crippen molar-refractivity contribution >= 4 is 28.5 Å². The molecule has 0 radical (unpaired) electrons. The van der Waals surface area contributed by atoms with Crippen LogP contribution in [0.1, 0.15) is 22.7 Å². The molecule has 0 unspecified atom stereocenters. The minimum absolute atomic E-state index is 0.475. The minimum atomic E-state index is 0.475. The van der Waals surface area contributed by atoms with Gasteiger partial charge in [-0.2, -0.15) is 5.10 Å². The Morgan fingerprint density at radius 3 is 2.89 bits per heavy atom. The lowest BCUT2D eigenvalue weighted by Crippen LogP contribution is -2.16. The monoisotopic (exact) mass is 397 g/mol. The molecule has 0 fully saturated rings. The highest BCUT2D eigenvalue weighted by molar-refractivity contribution is 7.16. The number of benzene rings is 1. The van der Waals surface area contributed by atoms with Crippen LogP contribution in [0.2, 0.25) is 4.34 Å². The number of halogens is 1. The van der Waals surface area contributed by atoms with Crippen LogP contribution < -0.4 is 4.74 Å². The van der Waals surface area contributed by atoms with Crippen molar-refractivity contribution in [3.63, 3.8) is 0 Å². The van der Waals surface area contributed by atoms with Crippen LogP contribution in [0.25, 0.3) is 5.57 Å². The molecule has 0 saturated carbocycles. The second-order valence-corrected chi connectivity index (χ2v) is 8.12. The van der Waals surface area contributed by atoms with Gasteiger partial charge in [-0.25, -0.2) is 0 Å². The van der Waals surface area contributed by atoms with Crippen LogP contribution in [0, 0.1) is 0 Å². The third kappa shape index (κ3) is 4.81. The van der Waals surface area contributed by atoms with Crippen LogP contribution in [0.5, 0.6) is 5.75 Å². The summed E-state index contributed by atoms with van der Waals surface area (Å²) in [4.78, 5) is 3.51. The van der Waals surface area contributed by atoms with Crippen LogP contribution in [-0.4, -0.2) is 21.6 Å². The van der Waals surface area contributed by atoms with E-state index in [0.717, 1.165) is 40.9 Å². The number of hydrogen-bond acceptors (Lipinski definition) is 4. The Morgan fingerprint density at radius 1 is 1.19 bits per heavy atom. The molecule has 0 atom stereocenters. The summed E-state index contributed by atoms with van der Waals surface area (Å²) in [5, 5.41) is 7.54. The Bertz CT molecular complexity index is 945. The molecule has 0 saturated heterocycles. The first-order valence-electron chi connectivity index (χ1n) is 8.86. The van der Waals surface area contributed by atoms with E-state index >= 15 is 0 Å². The van der Waals surface area contributed by atoms with Crippen molar-refractivity contribution in [1.29, 1.82) is 0 Å². The zero-order chi connectivity index (χ0) is 18.5. The summed E-state index contributed by atoms with van der Waals surface area (Å²) >= 11 is 7.65. The summed E-state index contributed by atoms with van der Waals surface area (Å²) in [6, 6.07) is 15.9. The molecule has 0 aliphatic carbocycles. The minimum Gasteiger partial charge on any atom is -0.487 e. The molecule has 4 nitrogen and oxygen atoms in total. The number of allylic oxidation sites excluding steroid dienone is 2. The highest BCUT2D eigenvalue weighted by Gasteiger charge is 2.12. The Hall–Kier alpha value is -2.50. The second kappa shape index (κ2) is 8.46. The standard InChI is InChI=1S/C21H20ClN3OS/c22-21-9-8-19(27-21)10-12-25-11-4-5-16(14-25)20-13-17(23-24-20)15-26-18-6-2-1-3-7-18/h1-4,6-9,11,13-14H,5,10,12,15H2,(H,23,24). The summed E-state index contributed by atoms with van der Waals surface area (Å²) in [6.45, 7) is 1.40. The molecular weight excluding hydrogens is 378 g/mol. The average Bonchev–Trinajstić information content (AvgIpc) is 3.35. The van der Waals surface area contributed by atoms with Gasteiger partial charge < -0.3 is 9.64 Å². The maximum Gasteiger partial charge on any atom is 0.130 e. The fraction of sp³-hybridized carbons (Fsp3) is 0.190. The number of aromatic amines is 1. The Morgan fingerprint density at radius 2 is 2.07 bits per heavy atom. The van der Waals surface area contributed by atoms with Gasteiger partial charge >= 0.3 is 0 Å². The first-order chi connectivity index (χ1) is 13.3. The number of rotatable bonds is 7. The molecule has 2 aromatic heterocycles. The van der Waals surface area contributed by atoms with E-state index in [9.17, 15) is 0 Å². The number of ether oxygens (including phenoxy) is 1. The highest BCUT2D eigenvalue weighted by Crippen LogP contribution is 2.25. The Balaban J connectivity index is 1.36. The van der Waals surface area contributed by atoms with Gasteiger partial charge in [0, 0.05) is 17.6 Å². The molecule has 0 bridgehead atoms. The van der Waals surface area contributed by atoms with Crippen molar-refractivity contribution in [3.05, 3.63) is 87.6 Å². The van der Waals surface area contributed by atoms with Crippen molar-refractivity contribution in [3.8, 4) is 5.75 Å². The van der Waals surface area contributed by atoms with Gasteiger partial charge in [-0.1, -0.05) is 35.9 Å². The van der Waals surface area contributed by atoms with Crippen molar-refractivity contribution in [2.45, 2.75) is 19.4 Å². The predicted octanol–water partition coefficient (Wildman–Crippen LogP) is 5.51. The average molecular weight is 398 g/mol. The van der Waals surface area contributed by atoms with Gasteiger partial charge in [0.25, 0.3) is 0 Å². The van der Waals surface area contributed by atoms with E-state index < -0.39 is 0 Å². The van der Waals surface area contributed by atoms with Crippen LogP contribution >= 0.6 is 22.9 Å². The lowest BCUT2D eigenvalue weighted by molar-refractivity contribution is 0.301. The SMILES string of the molecule is Clc1ccc(CCN2C=CCC(c3cc(COc4ccccc4)[nH]n3)=C2)s1. The zero-order valence-electron chi connectivity index (χ0n) is 14.8. The second-order valence-electron chi connectivity index (χ2n) is 6.32. The van der Waals surface area contributed by atoms with Crippen molar-refractivity contribution in [2.24, 2.45) is 0 Å². The van der Waals surface area contributed by atoms with Gasteiger partial charge in [0.2, 0.25) is 0 Å². The summed E-state index contributed by atoms with van der Waals surface area (Å²) in [5.74, 6) is 0.855. The number of thiophene rings is 1. The van der Waals surface area contributed by atoms with E-state index in [1.807, 2.05) is 36.4 Å². The number of H-pyrrole nitrogens is 1. The van der Waals surface area contributed by atoms with Crippen LogP contribution in [0.3, 0.4) is 0 Å². The van der Waals surface area contributed by atoms with Crippen LogP contribution in [-0.2, 0) is 13.0 Å². The number of aromatic nitrogens is 2. The third-order valence-corrected chi connectivity index (χ3v) is 5.59. The van der Waals surface area contributed by atoms with Crippen molar-refractivity contribution < 1.29 is 4.74 Å². The number of nitrogens with zero attached hydrogens (tertiary/aromatic N) is 2. The van der Waals surface area contributed by atoms with E-state index in [1.54, 1.807) is 11.3 Å². The van der Waals surface area contributed by atoms with Gasteiger partial charge in [-0.05, 0) is 54.9 Å². The number of para-hydroxylation sites is 1. The van der Waals surface area contributed by atoms with Gasteiger partial charge in [-0.15, -0.1) is 11.3 Å². The third-order valence-electron chi connectivity index (χ3n) is 4.30. The lowest BCUT2D eigenvalue weighted by atomic mass is 10.1. The first kappa shape index (κ1) is 17.9. The molecule has 27 heavy (non-hydrogen) atoms. The molecule has 1 aromatic carbocycles. The predicted molar refractivity (Wildman–Crippen MR) is 111 cm³/mol. The maximum absolute atomic E-state index is 6.01. The van der Waals surface area contributed by atoms with Gasteiger partial charge in [-0.3, -0.25) is 5.10 Å². The van der Waals surface area contributed by atoms with E-state index in [1.165, 1.54) is 10.5 Å². The summed E-state index contributed by atoms with van der Waals surface area (Å²) in [7, 11) is 0. The van der Waals surface area contributed by atoms with E-state index in [-0.39, 0.29) is 0 Å². The van der Waals surface area contributed by atoms with E-state index in [0.29, 0.717) is 6.61 Å². The number of hydrogen-bond donors (Lipinski definition) is 1. The zero-order valence-corrected chi connectivity index (χ0v) is 16.3. The quantitative estimate of drug-likeness (QED) is 0.571. The molecule has 3 heterocycles. The largest absolute Gasteiger partial charge is 0.487 e. The molecular formula is C21H20ClN3OS. The smallest absolute Gasteiger partial charge is 0.130 e. The Labute approximate surface area is 167 Å². The molecule has 6 heteroatoms. The van der Waals surface area contributed by atoms with E-state index in [2.05, 4.69) is 45.7 Å². The molecule has 4 rings (SSSR count). The molecule has 1 aliphatic heterocycles. The molecule has 1 N–H and O–H groups in total. The maximum atomic E-state index is 6.01. The highest BCUT2D eigenvalue weighted by atomic mass is 35.5. The number of nitrogens with one attached hydrogen (secondary N) is 1. The molecule has 0 amide bonds. The summed E-state index contributed by atoms with van der Waals surface area (Å²) < 4.78 is 6.62. The normalized spacial score (nSPS) is 13.7. The first-order valence-corrected chi connectivity index (χ1v) is 10.1. The Kier molecular flexibility index (Phi) is 5.61. The van der Waals surface area contributed by atoms with Gasteiger partial charge in [0.1, 0.15) is 12.4 Å². The summed E-state index contributed by atoms with van der Waals surface area (Å²) in [6.07, 6.45) is 8.33. The van der Waals surface area contributed by atoms with Gasteiger partial charge in [0.05, 0.1) is 15.7 Å².